The average Bonchev–Trinajstić information content (AvgIpc) is 2.29. The van der Waals surface area contributed by atoms with E-state index in [1.165, 1.54) is 0 Å². The first-order valence-corrected chi connectivity index (χ1v) is 5.98. The first-order chi connectivity index (χ1) is 7.84. The molecule has 2 N–H and O–H groups in total. The lowest BCUT2D eigenvalue weighted by atomic mass is 10.0. The van der Waals surface area contributed by atoms with E-state index >= 15 is 0 Å². The Labute approximate surface area is 104 Å². The molecule has 1 aromatic rings. The number of anilines is 1. The molecule has 1 aromatic carbocycles. The molecule has 0 aliphatic heterocycles. The minimum Gasteiger partial charge on any atom is -0.398 e. The molecule has 1 atom stereocenters. The van der Waals surface area contributed by atoms with Crippen molar-refractivity contribution in [3.8, 4) is 0 Å². The van der Waals surface area contributed by atoms with Crippen molar-refractivity contribution in [3.05, 3.63) is 29.3 Å². The summed E-state index contributed by atoms with van der Waals surface area (Å²) < 4.78 is 0. The van der Waals surface area contributed by atoms with Gasteiger partial charge in [0.1, 0.15) is 0 Å². The van der Waals surface area contributed by atoms with Gasteiger partial charge in [0, 0.05) is 18.8 Å². The number of carbonyl (C=O) groups excluding carboxylic acids is 1. The van der Waals surface area contributed by atoms with Gasteiger partial charge in [-0.05, 0) is 31.9 Å². The van der Waals surface area contributed by atoms with Gasteiger partial charge in [-0.1, -0.05) is 25.5 Å². The fourth-order valence-electron chi connectivity index (χ4n) is 1.68. The van der Waals surface area contributed by atoms with Crippen LogP contribution in [0.1, 0.15) is 36.7 Å². The Bertz CT molecular complexity index is 413. The second-order valence-corrected chi connectivity index (χ2v) is 4.99. The Balaban J connectivity index is 3.00. The van der Waals surface area contributed by atoms with E-state index in [0.29, 0.717) is 17.2 Å². The number of nitrogens with zero attached hydrogens (tertiary/aromatic N) is 1. The fourth-order valence-corrected chi connectivity index (χ4v) is 1.68. The van der Waals surface area contributed by atoms with Gasteiger partial charge in [0.25, 0.3) is 5.91 Å². The summed E-state index contributed by atoms with van der Waals surface area (Å²) in [7, 11) is 1.83. The molecule has 0 saturated carbocycles. The second kappa shape index (κ2) is 5.21. The van der Waals surface area contributed by atoms with Crippen molar-refractivity contribution in [1.82, 2.24) is 4.90 Å². The summed E-state index contributed by atoms with van der Waals surface area (Å²) in [5, 5.41) is 0. The zero-order valence-electron chi connectivity index (χ0n) is 11.3. The first-order valence-electron chi connectivity index (χ1n) is 5.98. The van der Waals surface area contributed by atoms with Crippen LogP contribution in [0.4, 0.5) is 5.69 Å². The summed E-state index contributed by atoms with van der Waals surface area (Å²) in [5.41, 5.74) is 8.05. The molecule has 0 aromatic heterocycles. The highest BCUT2D eigenvalue weighted by Gasteiger charge is 2.21. The highest BCUT2D eigenvalue weighted by atomic mass is 16.2. The van der Waals surface area contributed by atoms with Crippen molar-refractivity contribution in [1.29, 1.82) is 0 Å². The van der Waals surface area contributed by atoms with Crippen LogP contribution in [0, 0.1) is 12.8 Å². The molecule has 0 radical (unpaired) electrons. The Morgan fingerprint density at radius 2 is 1.88 bits per heavy atom. The monoisotopic (exact) mass is 234 g/mol. The van der Waals surface area contributed by atoms with Gasteiger partial charge in [0.2, 0.25) is 0 Å². The quantitative estimate of drug-likeness (QED) is 0.817. The summed E-state index contributed by atoms with van der Waals surface area (Å²) in [6.07, 6.45) is 0. The number of nitrogens with two attached hydrogens (primary N) is 1. The summed E-state index contributed by atoms with van der Waals surface area (Å²) in [6.45, 7) is 8.22. The lowest BCUT2D eigenvalue weighted by Crippen LogP contribution is -2.38. The number of amides is 1. The normalized spacial score (nSPS) is 12.6. The van der Waals surface area contributed by atoms with E-state index in [1.54, 1.807) is 11.0 Å². The van der Waals surface area contributed by atoms with Crippen LogP contribution in [0.15, 0.2) is 18.2 Å². The van der Waals surface area contributed by atoms with E-state index < -0.39 is 0 Å². The molecule has 94 valence electrons. The van der Waals surface area contributed by atoms with E-state index in [0.717, 1.165) is 5.56 Å². The Hall–Kier alpha value is -1.51. The van der Waals surface area contributed by atoms with Gasteiger partial charge in [-0.25, -0.2) is 0 Å². The van der Waals surface area contributed by atoms with Crippen LogP contribution >= 0.6 is 0 Å². The summed E-state index contributed by atoms with van der Waals surface area (Å²) in [4.78, 5) is 14.1. The summed E-state index contributed by atoms with van der Waals surface area (Å²) >= 11 is 0. The van der Waals surface area contributed by atoms with Crippen LogP contribution in [-0.4, -0.2) is 23.9 Å². The third kappa shape index (κ3) is 2.99. The lowest BCUT2D eigenvalue weighted by molar-refractivity contribution is 0.0708. The van der Waals surface area contributed by atoms with E-state index in [-0.39, 0.29) is 11.9 Å². The molecule has 17 heavy (non-hydrogen) atoms. The van der Waals surface area contributed by atoms with Crippen molar-refractivity contribution >= 4 is 11.6 Å². The van der Waals surface area contributed by atoms with E-state index in [2.05, 4.69) is 20.8 Å². The smallest absolute Gasteiger partial charge is 0.255 e. The van der Waals surface area contributed by atoms with Crippen LogP contribution in [0.2, 0.25) is 0 Å². The molecule has 0 spiro atoms. The SMILES string of the molecule is Cc1ccc(N)c(C(=O)N(C)C(C)C(C)C)c1. The molecule has 0 fully saturated rings. The fraction of sp³-hybridized carbons (Fsp3) is 0.500. The number of nitrogen functional groups attached to an aromatic ring is 1. The molecule has 0 saturated heterocycles. The molecule has 0 aliphatic rings. The van der Waals surface area contributed by atoms with Crippen LogP contribution < -0.4 is 5.73 Å². The first kappa shape index (κ1) is 13.6. The van der Waals surface area contributed by atoms with Gasteiger partial charge >= 0.3 is 0 Å². The van der Waals surface area contributed by atoms with Crippen LogP contribution in [0.5, 0.6) is 0 Å². The minimum atomic E-state index is -0.00704. The van der Waals surface area contributed by atoms with Crippen molar-refractivity contribution in [2.45, 2.75) is 33.7 Å². The van der Waals surface area contributed by atoms with Gasteiger partial charge in [-0.15, -0.1) is 0 Å². The van der Waals surface area contributed by atoms with E-state index in [9.17, 15) is 4.79 Å². The maximum Gasteiger partial charge on any atom is 0.255 e. The van der Waals surface area contributed by atoms with Crippen molar-refractivity contribution < 1.29 is 4.79 Å². The summed E-state index contributed by atoms with van der Waals surface area (Å²) in [5.74, 6) is 0.419. The predicted molar refractivity (Wildman–Crippen MR) is 72.0 cm³/mol. The Kier molecular flexibility index (Phi) is 4.16. The molecule has 0 bridgehead atoms. The number of benzene rings is 1. The average molecular weight is 234 g/mol. The third-order valence-corrected chi connectivity index (χ3v) is 3.34. The minimum absolute atomic E-state index is 0.00704. The predicted octanol–water partition coefficient (Wildman–Crippen LogP) is 2.69. The molecule has 1 amide bonds. The number of carbonyl (C=O) groups is 1. The molecule has 3 heteroatoms. The summed E-state index contributed by atoms with van der Waals surface area (Å²) in [6, 6.07) is 5.75. The highest BCUT2D eigenvalue weighted by Crippen LogP contribution is 2.18. The van der Waals surface area contributed by atoms with Gasteiger partial charge in [-0.2, -0.15) is 0 Å². The van der Waals surface area contributed by atoms with Crippen molar-refractivity contribution in [3.63, 3.8) is 0 Å². The maximum absolute atomic E-state index is 12.3. The van der Waals surface area contributed by atoms with Gasteiger partial charge in [0.05, 0.1) is 5.56 Å². The van der Waals surface area contributed by atoms with Crippen LogP contribution in [0.3, 0.4) is 0 Å². The number of hydrogen-bond acceptors (Lipinski definition) is 2. The van der Waals surface area contributed by atoms with Gasteiger partial charge in [-0.3, -0.25) is 4.79 Å². The van der Waals surface area contributed by atoms with Crippen molar-refractivity contribution in [2.75, 3.05) is 12.8 Å². The van der Waals surface area contributed by atoms with E-state index in [4.69, 9.17) is 5.73 Å². The molecule has 1 unspecified atom stereocenters. The second-order valence-electron chi connectivity index (χ2n) is 4.99. The molecule has 0 heterocycles. The number of aryl methyl sites for hydroxylation is 1. The molecule has 3 nitrogen and oxygen atoms in total. The zero-order chi connectivity index (χ0) is 13.2. The number of rotatable bonds is 3. The Morgan fingerprint density at radius 1 is 1.29 bits per heavy atom. The van der Waals surface area contributed by atoms with Crippen LogP contribution in [0.25, 0.3) is 0 Å². The maximum atomic E-state index is 12.3. The highest BCUT2D eigenvalue weighted by molar-refractivity contribution is 5.99. The lowest BCUT2D eigenvalue weighted by Gasteiger charge is -2.28. The third-order valence-electron chi connectivity index (χ3n) is 3.34. The Morgan fingerprint density at radius 3 is 2.41 bits per heavy atom. The van der Waals surface area contributed by atoms with Gasteiger partial charge < -0.3 is 10.6 Å². The molecular formula is C14H22N2O. The standard InChI is InChI=1S/C14H22N2O/c1-9(2)11(4)16(5)14(17)12-8-10(3)6-7-13(12)15/h6-9,11H,15H2,1-5H3. The van der Waals surface area contributed by atoms with Crippen molar-refractivity contribution in [2.24, 2.45) is 5.92 Å². The molecular weight excluding hydrogens is 212 g/mol. The van der Waals surface area contributed by atoms with Gasteiger partial charge in [0.15, 0.2) is 0 Å². The molecule has 1 rings (SSSR count). The van der Waals surface area contributed by atoms with Crippen LogP contribution in [-0.2, 0) is 0 Å². The zero-order valence-corrected chi connectivity index (χ0v) is 11.3. The van der Waals surface area contributed by atoms with E-state index in [1.807, 2.05) is 26.1 Å². The number of hydrogen-bond donors (Lipinski definition) is 1. The largest absolute Gasteiger partial charge is 0.398 e. The molecule has 0 aliphatic carbocycles. The topological polar surface area (TPSA) is 46.3 Å².